The molecule has 0 aliphatic heterocycles. The summed E-state index contributed by atoms with van der Waals surface area (Å²) in [4.78, 5) is 11.9. The van der Waals surface area contributed by atoms with Gasteiger partial charge >= 0.3 is 0 Å². The van der Waals surface area contributed by atoms with E-state index >= 15 is 0 Å². The van der Waals surface area contributed by atoms with Crippen LogP contribution in [0.1, 0.15) is 27.7 Å². The highest BCUT2D eigenvalue weighted by Gasteiger charge is 2.63. The zero-order chi connectivity index (χ0) is 9.15. The van der Waals surface area contributed by atoms with Crippen molar-refractivity contribution in [3.8, 4) is 0 Å². The van der Waals surface area contributed by atoms with E-state index in [-0.39, 0.29) is 10.8 Å². The first-order chi connectivity index (χ1) is 5.37. The molecule has 0 N–H and O–H groups in total. The van der Waals surface area contributed by atoms with Crippen LogP contribution in [0.4, 0.5) is 0 Å². The number of hydrogen-bond donors (Lipinski definition) is 0. The number of ketones is 1. The van der Waals surface area contributed by atoms with E-state index < -0.39 is 0 Å². The molecule has 2 rings (SSSR count). The molecule has 0 spiro atoms. The Balaban J connectivity index is 2.36. The molecule has 12 heavy (non-hydrogen) atoms. The van der Waals surface area contributed by atoms with Gasteiger partial charge in [0.05, 0.1) is 0 Å². The zero-order valence-electron chi connectivity index (χ0n) is 8.22. The summed E-state index contributed by atoms with van der Waals surface area (Å²) in [5.74, 6) is 1.26. The quantitative estimate of drug-likeness (QED) is 0.502. The number of Topliss-reactive ketones (excluding diaryl/α,β-unsaturated/α-hetero) is 1. The van der Waals surface area contributed by atoms with Gasteiger partial charge < -0.3 is 0 Å². The Morgan fingerprint density at radius 3 is 2.33 bits per heavy atom. The Bertz CT molecular complexity index is 271. The van der Waals surface area contributed by atoms with Gasteiger partial charge in [-0.15, -0.1) is 0 Å². The summed E-state index contributed by atoms with van der Waals surface area (Å²) < 4.78 is 0. The molecular formula is C11H16O. The summed E-state index contributed by atoms with van der Waals surface area (Å²) in [6, 6.07) is 0. The van der Waals surface area contributed by atoms with Gasteiger partial charge in [0.1, 0.15) is 5.78 Å². The van der Waals surface area contributed by atoms with Gasteiger partial charge in [-0.1, -0.05) is 26.0 Å². The molecule has 0 unspecified atom stereocenters. The lowest BCUT2D eigenvalue weighted by molar-refractivity contribution is -0.127. The summed E-state index contributed by atoms with van der Waals surface area (Å²) in [5.41, 5.74) is 0.0241. The molecule has 1 saturated carbocycles. The van der Waals surface area contributed by atoms with Crippen molar-refractivity contribution in [3.05, 3.63) is 12.2 Å². The van der Waals surface area contributed by atoms with Gasteiger partial charge in [0.25, 0.3) is 0 Å². The van der Waals surface area contributed by atoms with Crippen molar-refractivity contribution >= 4 is 5.78 Å². The van der Waals surface area contributed by atoms with E-state index in [1.807, 2.05) is 13.8 Å². The van der Waals surface area contributed by atoms with Crippen LogP contribution in [-0.4, -0.2) is 5.78 Å². The molecule has 0 radical (unpaired) electrons. The molecule has 2 aliphatic rings. The molecular weight excluding hydrogens is 148 g/mol. The van der Waals surface area contributed by atoms with Crippen LogP contribution in [0, 0.1) is 22.7 Å². The molecule has 0 saturated heterocycles. The molecule has 0 aromatic carbocycles. The Morgan fingerprint density at radius 1 is 1.25 bits per heavy atom. The average Bonchev–Trinajstić information content (AvgIpc) is 2.46. The molecule has 2 atom stereocenters. The van der Waals surface area contributed by atoms with Gasteiger partial charge in [0.2, 0.25) is 0 Å². The van der Waals surface area contributed by atoms with Crippen LogP contribution in [0.2, 0.25) is 0 Å². The second kappa shape index (κ2) is 1.84. The van der Waals surface area contributed by atoms with E-state index in [0.717, 1.165) is 0 Å². The fourth-order valence-corrected chi connectivity index (χ4v) is 2.36. The van der Waals surface area contributed by atoms with Crippen LogP contribution in [0.25, 0.3) is 0 Å². The summed E-state index contributed by atoms with van der Waals surface area (Å²) in [7, 11) is 0. The summed E-state index contributed by atoms with van der Waals surface area (Å²) in [5, 5.41) is 0. The highest BCUT2D eigenvalue weighted by atomic mass is 16.1. The highest BCUT2D eigenvalue weighted by Crippen LogP contribution is 2.63. The summed E-state index contributed by atoms with van der Waals surface area (Å²) in [6.07, 6.45) is 4.30. The number of carbonyl (C=O) groups is 1. The molecule has 1 heteroatoms. The molecule has 1 fully saturated rings. The van der Waals surface area contributed by atoms with Crippen LogP contribution in [-0.2, 0) is 4.79 Å². The fraction of sp³-hybridized carbons (Fsp3) is 0.727. The minimum Gasteiger partial charge on any atom is -0.298 e. The number of hydrogen-bond acceptors (Lipinski definition) is 1. The lowest BCUT2D eigenvalue weighted by atomic mass is 9.81. The van der Waals surface area contributed by atoms with Gasteiger partial charge in [0.15, 0.2) is 0 Å². The van der Waals surface area contributed by atoms with Crippen molar-refractivity contribution in [1.82, 2.24) is 0 Å². The van der Waals surface area contributed by atoms with Crippen LogP contribution in [0.3, 0.4) is 0 Å². The van der Waals surface area contributed by atoms with Gasteiger partial charge in [-0.3, -0.25) is 4.79 Å². The van der Waals surface area contributed by atoms with Crippen LogP contribution < -0.4 is 0 Å². The molecule has 66 valence electrons. The maximum atomic E-state index is 11.9. The molecule has 0 aromatic rings. The van der Waals surface area contributed by atoms with Crippen molar-refractivity contribution in [3.63, 3.8) is 0 Å². The van der Waals surface area contributed by atoms with Crippen molar-refractivity contribution in [2.24, 2.45) is 22.7 Å². The monoisotopic (exact) mass is 164 g/mol. The normalized spacial score (nSPS) is 40.8. The SMILES string of the molecule is CC1(C)C=C[C@@H]2[C@H](C1=O)C2(C)C. The Kier molecular flexibility index (Phi) is 1.23. The topological polar surface area (TPSA) is 17.1 Å². The Labute approximate surface area is 73.8 Å². The first kappa shape index (κ1) is 8.03. The molecule has 0 amide bonds. The molecule has 0 aromatic heterocycles. The van der Waals surface area contributed by atoms with Crippen LogP contribution in [0.15, 0.2) is 12.2 Å². The van der Waals surface area contributed by atoms with Crippen molar-refractivity contribution in [1.29, 1.82) is 0 Å². The van der Waals surface area contributed by atoms with Gasteiger partial charge in [-0.2, -0.15) is 0 Å². The Morgan fingerprint density at radius 2 is 1.83 bits per heavy atom. The minimum absolute atomic E-state index is 0.213. The van der Waals surface area contributed by atoms with Gasteiger partial charge in [0, 0.05) is 11.3 Å². The van der Waals surface area contributed by atoms with E-state index in [2.05, 4.69) is 26.0 Å². The average molecular weight is 164 g/mol. The van der Waals surface area contributed by atoms with Gasteiger partial charge in [-0.25, -0.2) is 0 Å². The largest absolute Gasteiger partial charge is 0.298 e. The van der Waals surface area contributed by atoms with E-state index in [9.17, 15) is 4.79 Å². The molecule has 0 heterocycles. The molecule has 0 bridgehead atoms. The summed E-state index contributed by atoms with van der Waals surface area (Å²) in [6.45, 7) is 8.39. The predicted octanol–water partition coefficient (Wildman–Crippen LogP) is 2.42. The maximum absolute atomic E-state index is 11.9. The second-order valence-electron chi connectivity index (χ2n) is 5.27. The van der Waals surface area contributed by atoms with Crippen molar-refractivity contribution < 1.29 is 4.79 Å². The lowest BCUT2D eigenvalue weighted by Crippen LogP contribution is -2.27. The first-order valence-electron chi connectivity index (χ1n) is 4.61. The van der Waals surface area contributed by atoms with Crippen molar-refractivity contribution in [2.75, 3.05) is 0 Å². The highest BCUT2D eigenvalue weighted by molar-refractivity contribution is 5.93. The molecule has 2 aliphatic carbocycles. The maximum Gasteiger partial charge on any atom is 0.146 e. The van der Waals surface area contributed by atoms with Gasteiger partial charge in [-0.05, 0) is 25.2 Å². The van der Waals surface area contributed by atoms with E-state index in [1.165, 1.54) is 0 Å². The molecule has 1 nitrogen and oxygen atoms in total. The second-order valence-corrected chi connectivity index (χ2v) is 5.27. The first-order valence-corrected chi connectivity index (χ1v) is 4.61. The number of rotatable bonds is 0. The van der Waals surface area contributed by atoms with E-state index in [4.69, 9.17) is 0 Å². The van der Waals surface area contributed by atoms with Crippen LogP contribution >= 0.6 is 0 Å². The van der Waals surface area contributed by atoms with E-state index in [0.29, 0.717) is 17.6 Å². The minimum atomic E-state index is -0.213. The number of carbonyl (C=O) groups excluding carboxylic acids is 1. The van der Waals surface area contributed by atoms with Crippen LogP contribution in [0.5, 0.6) is 0 Å². The standard InChI is InChI=1S/C11H16O/c1-10(2)6-5-7-8(9(10)12)11(7,3)4/h5-8H,1-4H3/t7-,8-/m1/s1. The zero-order valence-corrected chi connectivity index (χ0v) is 8.22. The Hall–Kier alpha value is -0.590. The summed E-state index contributed by atoms with van der Waals surface area (Å²) >= 11 is 0. The fourth-order valence-electron chi connectivity index (χ4n) is 2.36. The smallest absolute Gasteiger partial charge is 0.146 e. The third-order valence-electron chi connectivity index (χ3n) is 3.55. The number of fused-ring (bicyclic) bond motifs is 1. The van der Waals surface area contributed by atoms with E-state index in [1.54, 1.807) is 0 Å². The third-order valence-corrected chi connectivity index (χ3v) is 3.55. The third kappa shape index (κ3) is 0.769. The van der Waals surface area contributed by atoms with Crippen molar-refractivity contribution in [2.45, 2.75) is 27.7 Å². The number of allylic oxidation sites excluding steroid dienone is 2. The lowest BCUT2D eigenvalue weighted by Gasteiger charge is -2.21. The predicted molar refractivity (Wildman–Crippen MR) is 48.7 cm³/mol.